The highest BCUT2D eigenvalue weighted by Gasteiger charge is 2.35. The number of pyridine rings is 1. The Morgan fingerprint density at radius 3 is 2.83 bits per heavy atom. The molecule has 0 bridgehead atoms. The SMILES string of the molecule is O=C(c1nc(-n2cnnc2)n[nH]1)N1CCc2[nH]cnc2C1c1cccnc1.O=CO. The number of carbonyl (C=O) groups excluding carboxylic acids is 1. The predicted molar refractivity (Wildman–Crippen MR) is 99.4 cm³/mol. The molecule has 13 heteroatoms. The molecule has 0 spiro atoms. The van der Waals surface area contributed by atoms with E-state index in [0.29, 0.717) is 18.9 Å². The number of hydrogen-bond acceptors (Lipinski definition) is 8. The van der Waals surface area contributed by atoms with Crippen LogP contribution in [0.3, 0.4) is 0 Å². The first-order valence-electron chi connectivity index (χ1n) is 8.81. The van der Waals surface area contributed by atoms with E-state index in [9.17, 15) is 4.79 Å². The van der Waals surface area contributed by atoms with Gasteiger partial charge in [0, 0.05) is 31.1 Å². The average Bonchev–Trinajstić information content (AvgIpc) is 3.54. The predicted octanol–water partition coefficient (Wildman–Crippen LogP) is -0.00780. The highest BCUT2D eigenvalue weighted by Crippen LogP contribution is 2.33. The fourth-order valence-electron chi connectivity index (χ4n) is 3.27. The lowest BCUT2D eigenvalue weighted by Gasteiger charge is -2.34. The number of imidazole rings is 1. The van der Waals surface area contributed by atoms with Crippen LogP contribution in [0.4, 0.5) is 0 Å². The minimum absolute atomic E-state index is 0.145. The number of fused-ring (bicyclic) bond motifs is 1. The molecule has 0 aromatic carbocycles. The van der Waals surface area contributed by atoms with Crippen molar-refractivity contribution in [1.29, 1.82) is 0 Å². The molecule has 13 nitrogen and oxygen atoms in total. The highest BCUT2D eigenvalue weighted by molar-refractivity contribution is 5.91. The molecule has 3 N–H and O–H groups in total. The van der Waals surface area contributed by atoms with Crippen molar-refractivity contribution in [3.8, 4) is 5.95 Å². The van der Waals surface area contributed by atoms with Crippen molar-refractivity contribution in [1.82, 2.24) is 49.8 Å². The lowest BCUT2D eigenvalue weighted by molar-refractivity contribution is -0.122. The molecule has 1 aliphatic rings. The molecule has 0 saturated carbocycles. The third kappa shape index (κ3) is 3.50. The van der Waals surface area contributed by atoms with Crippen LogP contribution in [-0.4, -0.2) is 73.8 Å². The fourth-order valence-corrected chi connectivity index (χ4v) is 3.27. The van der Waals surface area contributed by atoms with Gasteiger partial charge < -0.3 is 15.0 Å². The summed E-state index contributed by atoms with van der Waals surface area (Å²) in [5.41, 5.74) is 2.73. The highest BCUT2D eigenvalue weighted by atomic mass is 16.3. The molecule has 152 valence electrons. The Hall–Kier alpha value is -4.42. The summed E-state index contributed by atoms with van der Waals surface area (Å²) in [6.45, 7) is 0.274. The molecule has 1 amide bonds. The number of hydrogen-bond donors (Lipinski definition) is 3. The first-order chi connectivity index (χ1) is 14.7. The van der Waals surface area contributed by atoms with Gasteiger partial charge in [-0.25, -0.2) is 4.98 Å². The summed E-state index contributed by atoms with van der Waals surface area (Å²) in [4.78, 5) is 39.4. The first kappa shape index (κ1) is 18.9. The summed E-state index contributed by atoms with van der Waals surface area (Å²) >= 11 is 0. The molecule has 4 aromatic rings. The minimum atomic E-state index is -0.343. The van der Waals surface area contributed by atoms with Crippen LogP contribution in [0.2, 0.25) is 0 Å². The van der Waals surface area contributed by atoms with E-state index >= 15 is 0 Å². The van der Waals surface area contributed by atoms with Gasteiger partial charge in [-0.1, -0.05) is 6.07 Å². The van der Waals surface area contributed by atoms with Gasteiger partial charge in [-0.15, -0.1) is 15.3 Å². The maximum atomic E-state index is 13.2. The number of aromatic amines is 2. The number of amides is 1. The molecule has 4 aromatic heterocycles. The summed E-state index contributed by atoms with van der Waals surface area (Å²) in [6.07, 6.45) is 8.72. The molecule has 0 aliphatic carbocycles. The van der Waals surface area contributed by atoms with Crippen molar-refractivity contribution in [2.45, 2.75) is 12.5 Å². The second-order valence-electron chi connectivity index (χ2n) is 6.16. The molecule has 0 fully saturated rings. The third-order valence-electron chi connectivity index (χ3n) is 4.51. The smallest absolute Gasteiger partial charge is 0.292 e. The Bertz CT molecular complexity index is 1120. The fraction of sp³-hybridized carbons (Fsp3) is 0.176. The van der Waals surface area contributed by atoms with Crippen LogP contribution in [0.5, 0.6) is 0 Å². The largest absolute Gasteiger partial charge is 0.483 e. The standard InChI is InChI=1S/C16H14N10O.CH2O2/c27-15(14-22-16(24-23-14)25-8-20-21-9-25)26-5-3-11-12(19-7-18-11)13(26)10-2-1-4-17-6-10;2-1-3/h1-2,4,6-9,13H,3,5H2,(H,18,19)(H,22,23,24);1H,(H,2,3). The topological polar surface area (TPSA) is 171 Å². The number of H-pyrrole nitrogens is 2. The lowest BCUT2D eigenvalue weighted by Crippen LogP contribution is -2.41. The van der Waals surface area contributed by atoms with E-state index in [1.54, 1.807) is 23.6 Å². The summed E-state index contributed by atoms with van der Waals surface area (Å²) < 4.78 is 1.52. The molecule has 5 heterocycles. The number of nitrogens with one attached hydrogen (secondary N) is 2. The van der Waals surface area contributed by atoms with Crippen LogP contribution in [0, 0.1) is 0 Å². The van der Waals surface area contributed by atoms with Gasteiger partial charge >= 0.3 is 0 Å². The lowest BCUT2D eigenvalue weighted by atomic mass is 9.96. The van der Waals surface area contributed by atoms with E-state index in [0.717, 1.165) is 17.0 Å². The second-order valence-corrected chi connectivity index (χ2v) is 6.16. The van der Waals surface area contributed by atoms with E-state index in [4.69, 9.17) is 9.90 Å². The number of nitrogens with zero attached hydrogens (tertiary/aromatic N) is 8. The Balaban J connectivity index is 0.000000687. The Labute approximate surface area is 168 Å². The van der Waals surface area contributed by atoms with Gasteiger partial charge in [-0.05, 0) is 11.6 Å². The Morgan fingerprint density at radius 2 is 2.10 bits per heavy atom. The monoisotopic (exact) mass is 408 g/mol. The molecular formula is C17H16N10O3. The molecule has 0 radical (unpaired) electrons. The number of carbonyl (C=O) groups is 2. The van der Waals surface area contributed by atoms with E-state index in [1.807, 2.05) is 12.1 Å². The van der Waals surface area contributed by atoms with Crippen molar-refractivity contribution in [2.75, 3.05) is 6.54 Å². The molecule has 5 rings (SSSR count). The quantitative estimate of drug-likeness (QED) is 0.394. The van der Waals surface area contributed by atoms with Crippen molar-refractivity contribution in [3.63, 3.8) is 0 Å². The van der Waals surface area contributed by atoms with Crippen LogP contribution in [0.25, 0.3) is 5.95 Å². The van der Waals surface area contributed by atoms with Crippen molar-refractivity contribution in [3.05, 3.63) is 66.3 Å². The van der Waals surface area contributed by atoms with E-state index in [2.05, 4.69) is 40.3 Å². The summed E-state index contributed by atoms with van der Waals surface area (Å²) in [5, 5.41) is 21.1. The Kier molecular flexibility index (Phi) is 5.23. The van der Waals surface area contributed by atoms with Crippen molar-refractivity contribution >= 4 is 12.4 Å². The first-order valence-corrected chi connectivity index (χ1v) is 8.81. The molecule has 0 saturated heterocycles. The maximum Gasteiger partial charge on any atom is 0.292 e. The van der Waals surface area contributed by atoms with Gasteiger partial charge in [-0.2, -0.15) is 4.98 Å². The van der Waals surface area contributed by atoms with E-state index in [1.165, 1.54) is 17.2 Å². The molecule has 30 heavy (non-hydrogen) atoms. The third-order valence-corrected chi connectivity index (χ3v) is 4.51. The maximum absolute atomic E-state index is 13.2. The summed E-state index contributed by atoms with van der Waals surface area (Å²) in [5.74, 6) is 0.189. The summed E-state index contributed by atoms with van der Waals surface area (Å²) in [7, 11) is 0. The summed E-state index contributed by atoms with van der Waals surface area (Å²) in [6, 6.07) is 3.44. The number of aromatic nitrogens is 9. The molecule has 1 atom stereocenters. The van der Waals surface area contributed by atoms with E-state index in [-0.39, 0.29) is 24.2 Å². The van der Waals surface area contributed by atoms with Crippen LogP contribution >= 0.6 is 0 Å². The number of carboxylic acid groups (broad SMARTS) is 1. The van der Waals surface area contributed by atoms with Crippen LogP contribution < -0.4 is 0 Å². The zero-order valence-electron chi connectivity index (χ0n) is 15.5. The van der Waals surface area contributed by atoms with Gasteiger partial charge in [0.15, 0.2) is 0 Å². The second kappa shape index (κ2) is 8.30. The molecule has 1 unspecified atom stereocenters. The molecular weight excluding hydrogens is 392 g/mol. The van der Waals surface area contributed by atoms with Crippen LogP contribution in [0.15, 0.2) is 43.5 Å². The molecule has 1 aliphatic heterocycles. The van der Waals surface area contributed by atoms with Gasteiger partial charge in [0.25, 0.3) is 18.3 Å². The zero-order valence-corrected chi connectivity index (χ0v) is 15.5. The van der Waals surface area contributed by atoms with Gasteiger partial charge in [-0.3, -0.25) is 24.2 Å². The van der Waals surface area contributed by atoms with Crippen LogP contribution in [-0.2, 0) is 11.2 Å². The van der Waals surface area contributed by atoms with Gasteiger partial charge in [0.2, 0.25) is 5.82 Å². The van der Waals surface area contributed by atoms with Crippen molar-refractivity contribution < 1.29 is 14.7 Å². The van der Waals surface area contributed by atoms with Crippen molar-refractivity contribution in [2.24, 2.45) is 0 Å². The number of rotatable bonds is 3. The average molecular weight is 408 g/mol. The normalized spacial score (nSPS) is 15.1. The van der Waals surface area contributed by atoms with Crippen LogP contribution in [0.1, 0.15) is 33.6 Å². The Morgan fingerprint density at radius 1 is 1.30 bits per heavy atom. The minimum Gasteiger partial charge on any atom is -0.483 e. The zero-order chi connectivity index (χ0) is 20.9. The van der Waals surface area contributed by atoms with Gasteiger partial charge in [0.05, 0.1) is 12.0 Å². The van der Waals surface area contributed by atoms with E-state index < -0.39 is 0 Å². The van der Waals surface area contributed by atoms with Gasteiger partial charge in [0.1, 0.15) is 18.7 Å².